The number of likely N-dealkylation sites (tertiary alicyclic amines) is 1. The molecule has 1 aromatic rings. The van der Waals surface area contributed by atoms with Crippen molar-refractivity contribution in [3.8, 4) is 0 Å². The van der Waals surface area contributed by atoms with Crippen LogP contribution in [0.25, 0.3) is 0 Å². The average molecular weight is 473 g/mol. The van der Waals surface area contributed by atoms with Gasteiger partial charge in [0, 0.05) is 18.6 Å². The number of benzene rings is 1. The number of aliphatic imine (C=N–C) groups is 1. The van der Waals surface area contributed by atoms with Gasteiger partial charge in [-0.3, -0.25) is 9.69 Å². The maximum Gasteiger partial charge on any atom is 0.221 e. The number of primary amides is 1. The molecule has 0 aromatic heterocycles. The maximum atomic E-state index is 11.4. The molecule has 26 heavy (non-hydrogen) atoms. The van der Waals surface area contributed by atoms with Crippen LogP contribution in [0.3, 0.4) is 0 Å². The van der Waals surface area contributed by atoms with E-state index in [2.05, 4.69) is 33.4 Å². The van der Waals surface area contributed by atoms with Gasteiger partial charge in [0.15, 0.2) is 5.96 Å². The summed E-state index contributed by atoms with van der Waals surface area (Å²) in [5, 5.41) is 3.16. The van der Waals surface area contributed by atoms with E-state index in [1.807, 2.05) is 26.8 Å². The molecule has 1 atom stereocenters. The van der Waals surface area contributed by atoms with Gasteiger partial charge >= 0.3 is 0 Å². The molecular weight excluding hydrogens is 441 g/mol. The Morgan fingerprint density at radius 3 is 2.65 bits per heavy atom. The number of piperidine rings is 1. The topological polar surface area (TPSA) is 96.7 Å². The van der Waals surface area contributed by atoms with Crippen molar-refractivity contribution >= 4 is 35.8 Å². The molecule has 1 unspecified atom stereocenters. The van der Waals surface area contributed by atoms with Gasteiger partial charge in [-0.15, -0.1) is 24.0 Å². The number of rotatable bonds is 5. The number of halogens is 1. The Morgan fingerprint density at radius 1 is 1.31 bits per heavy atom. The number of guanidine groups is 1. The van der Waals surface area contributed by atoms with Crippen LogP contribution in [-0.4, -0.2) is 35.4 Å². The molecule has 1 aliphatic heterocycles. The van der Waals surface area contributed by atoms with Gasteiger partial charge in [-0.1, -0.05) is 24.3 Å². The number of nitrogens with one attached hydrogen (secondary N) is 1. The number of hydrogen-bond acceptors (Lipinski definition) is 3. The van der Waals surface area contributed by atoms with Crippen LogP contribution >= 0.6 is 24.0 Å². The van der Waals surface area contributed by atoms with E-state index in [-0.39, 0.29) is 41.3 Å². The number of amides is 1. The summed E-state index contributed by atoms with van der Waals surface area (Å²) in [5.41, 5.74) is 13.6. The van der Waals surface area contributed by atoms with E-state index in [0.717, 1.165) is 38.0 Å². The molecular formula is C19H32IN5O. The van der Waals surface area contributed by atoms with Gasteiger partial charge in [0.1, 0.15) is 0 Å². The van der Waals surface area contributed by atoms with Crippen molar-refractivity contribution in [2.45, 2.75) is 52.2 Å². The predicted molar refractivity (Wildman–Crippen MR) is 117 cm³/mol. The van der Waals surface area contributed by atoms with E-state index in [1.54, 1.807) is 0 Å². The number of nitrogens with zero attached hydrogens (tertiary/aromatic N) is 2. The zero-order valence-electron chi connectivity index (χ0n) is 16.0. The lowest BCUT2D eigenvalue weighted by Gasteiger charge is -2.31. The third-order valence-corrected chi connectivity index (χ3v) is 4.24. The maximum absolute atomic E-state index is 11.4. The zero-order valence-corrected chi connectivity index (χ0v) is 18.3. The zero-order chi connectivity index (χ0) is 18.4. The van der Waals surface area contributed by atoms with Gasteiger partial charge < -0.3 is 16.8 Å². The lowest BCUT2D eigenvalue weighted by Crippen LogP contribution is -2.44. The molecule has 0 spiro atoms. The second-order valence-electron chi connectivity index (χ2n) is 7.87. The molecule has 2 rings (SSSR count). The van der Waals surface area contributed by atoms with Gasteiger partial charge in [-0.05, 0) is 51.3 Å². The molecule has 0 bridgehead atoms. The standard InChI is InChI=1S/C19H31N5O.HI/c1-19(2,3)23-18(21)22-11-14-6-4-7-15(10-14)12-24-9-5-8-16(13-24)17(20)25;/h4,6-7,10,16H,5,8-9,11-13H2,1-3H3,(H2,20,25)(H3,21,22,23);1H. The fraction of sp³-hybridized carbons (Fsp3) is 0.579. The fourth-order valence-electron chi connectivity index (χ4n) is 3.12. The monoisotopic (exact) mass is 473 g/mol. The SMILES string of the molecule is CC(C)(C)NC(N)=NCc1cccc(CN2CCCC(C(N)=O)C2)c1.I. The Balaban J connectivity index is 0.00000338. The van der Waals surface area contributed by atoms with Gasteiger partial charge in [-0.2, -0.15) is 0 Å². The molecule has 1 aliphatic rings. The Morgan fingerprint density at radius 2 is 2.00 bits per heavy atom. The Hall–Kier alpha value is -1.35. The van der Waals surface area contributed by atoms with E-state index >= 15 is 0 Å². The van der Waals surface area contributed by atoms with E-state index in [4.69, 9.17) is 11.5 Å². The molecule has 146 valence electrons. The first-order valence-electron chi connectivity index (χ1n) is 8.90. The van der Waals surface area contributed by atoms with Crippen LogP contribution in [0, 0.1) is 5.92 Å². The van der Waals surface area contributed by atoms with E-state index in [0.29, 0.717) is 12.5 Å². The van der Waals surface area contributed by atoms with Gasteiger partial charge in [0.05, 0.1) is 12.5 Å². The molecule has 1 amide bonds. The van der Waals surface area contributed by atoms with Crippen LogP contribution < -0.4 is 16.8 Å². The van der Waals surface area contributed by atoms with Crippen molar-refractivity contribution < 1.29 is 4.79 Å². The molecule has 1 saturated heterocycles. The normalized spacial score (nSPS) is 18.9. The number of carbonyl (C=O) groups excluding carboxylic acids is 1. The summed E-state index contributed by atoms with van der Waals surface area (Å²) >= 11 is 0. The van der Waals surface area contributed by atoms with Crippen molar-refractivity contribution in [3.05, 3.63) is 35.4 Å². The summed E-state index contributed by atoms with van der Waals surface area (Å²) in [5.74, 6) is 0.248. The highest BCUT2D eigenvalue weighted by Crippen LogP contribution is 2.19. The van der Waals surface area contributed by atoms with Crippen LogP contribution in [0.1, 0.15) is 44.7 Å². The van der Waals surface area contributed by atoms with Crippen molar-refractivity contribution in [1.29, 1.82) is 0 Å². The number of nitrogens with two attached hydrogens (primary N) is 2. The summed E-state index contributed by atoms with van der Waals surface area (Å²) < 4.78 is 0. The first kappa shape index (κ1) is 22.7. The molecule has 7 heteroatoms. The third-order valence-electron chi connectivity index (χ3n) is 4.24. The molecule has 5 N–H and O–H groups in total. The molecule has 1 aromatic carbocycles. The minimum Gasteiger partial charge on any atom is -0.370 e. The van der Waals surface area contributed by atoms with Gasteiger partial charge in [-0.25, -0.2) is 4.99 Å². The van der Waals surface area contributed by atoms with Crippen molar-refractivity contribution in [1.82, 2.24) is 10.2 Å². The van der Waals surface area contributed by atoms with E-state index < -0.39 is 0 Å². The summed E-state index contributed by atoms with van der Waals surface area (Å²) in [4.78, 5) is 18.1. The summed E-state index contributed by atoms with van der Waals surface area (Å²) in [6, 6.07) is 8.36. The lowest BCUT2D eigenvalue weighted by molar-refractivity contribution is -0.123. The molecule has 1 fully saturated rings. The summed E-state index contributed by atoms with van der Waals surface area (Å²) in [6.45, 7) is 9.29. The predicted octanol–water partition coefficient (Wildman–Crippen LogP) is 2.20. The molecule has 0 aliphatic carbocycles. The van der Waals surface area contributed by atoms with E-state index in [9.17, 15) is 4.79 Å². The number of carbonyl (C=O) groups is 1. The van der Waals surface area contributed by atoms with Crippen LogP contribution in [0.5, 0.6) is 0 Å². The smallest absolute Gasteiger partial charge is 0.221 e. The summed E-state index contributed by atoms with van der Waals surface area (Å²) in [6.07, 6.45) is 1.92. The van der Waals surface area contributed by atoms with E-state index in [1.165, 1.54) is 5.56 Å². The average Bonchev–Trinajstić information content (AvgIpc) is 2.52. The minimum absolute atomic E-state index is 0. The molecule has 1 heterocycles. The Kier molecular flexibility index (Phi) is 8.82. The Bertz CT molecular complexity index is 627. The molecule has 0 radical (unpaired) electrons. The van der Waals surface area contributed by atoms with Crippen molar-refractivity contribution in [2.75, 3.05) is 13.1 Å². The van der Waals surface area contributed by atoms with Crippen molar-refractivity contribution in [3.63, 3.8) is 0 Å². The first-order valence-corrected chi connectivity index (χ1v) is 8.90. The minimum atomic E-state index is -0.186. The van der Waals surface area contributed by atoms with Crippen LogP contribution in [-0.2, 0) is 17.9 Å². The highest BCUT2D eigenvalue weighted by molar-refractivity contribution is 14.0. The van der Waals surface area contributed by atoms with Crippen LogP contribution in [0.15, 0.2) is 29.3 Å². The second-order valence-corrected chi connectivity index (χ2v) is 7.87. The van der Waals surface area contributed by atoms with Crippen LogP contribution in [0.4, 0.5) is 0 Å². The molecule has 6 nitrogen and oxygen atoms in total. The fourth-order valence-corrected chi connectivity index (χ4v) is 3.12. The largest absolute Gasteiger partial charge is 0.370 e. The molecule has 0 saturated carbocycles. The third kappa shape index (κ3) is 7.90. The first-order chi connectivity index (χ1) is 11.7. The van der Waals surface area contributed by atoms with Gasteiger partial charge in [0.25, 0.3) is 0 Å². The highest BCUT2D eigenvalue weighted by atomic mass is 127. The Labute approximate surface area is 173 Å². The number of hydrogen-bond donors (Lipinski definition) is 3. The van der Waals surface area contributed by atoms with Gasteiger partial charge in [0.2, 0.25) is 5.91 Å². The van der Waals surface area contributed by atoms with Crippen LogP contribution in [0.2, 0.25) is 0 Å². The quantitative estimate of drug-likeness (QED) is 0.347. The van der Waals surface area contributed by atoms with Crippen molar-refractivity contribution in [2.24, 2.45) is 22.4 Å². The lowest BCUT2D eigenvalue weighted by atomic mass is 9.97. The highest BCUT2D eigenvalue weighted by Gasteiger charge is 2.23. The summed E-state index contributed by atoms with van der Waals surface area (Å²) in [7, 11) is 0. The second kappa shape index (κ2) is 10.1.